The highest BCUT2D eigenvalue weighted by atomic mass is 16.5. The predicted molar refractivity (Wildman–Crippen MR) is 114 cm³/mol. The van der Waals surface area contributed by atoms with Crippen LogP contribution in [0.5, 0.6) is 17.2 Å². The molecule has 6 nitrogen and oxygen atoms in total. The fourth-order valence-corrected chi connectivity index (χ4v) is 2.88. The molecule has 0 aliphatic carbocycles. The highest BCUT2D eigenvalue weighted by Crippen LogP contribution is 2.39. The predicted octanol–water partition coefficient (Wildman–Crippen LogP) is 3.32. The third-order valence-electron chi connectivity index (χ3n) is 4.36. The minimum Gasteiger partial charge on any atom is -0.493 e. The van der Waals surface area contributed by atoms with E-state index >= 15 is 0 Å². The monoisotopic (exact) mass is 385 g/mol. The molecule has 0 aliphatic heterocycles. The Labute approximate surface area is 167 Å². The summed E-state index contributed by atoms with van der Waals surface area (Å²) in [5.74, 6) is 2.76. The first-order valence-corrected chi connectivity index (χ1v) is 9.48. The van der Waals surface area contributed by atoms with E-state index in [0.717, 1.165) is 24.5 Å². The molecule has 0 saturated heterocycles. The summed E-state index contributed by atoms with van der Waals surface area (Å²) in [6.07, 6.45) is 0.762. The minimum absolute atomic E-state index is 0.613. The molecule has 0 spiro atoms. The summed E-state index contributed by atoms with van der Waals surface area (Å²) in [6, 6.07) is 12.3. The molecule has 2 aromatic rings. The van der Waals surface area contributed by atoms with Crippen LogP contribution in [0.1, 0.15) is 23.6 Å². The molecule has 0 atom stereocenters. The molecule has 6 heteroatoms. The van der Waals surface area contributed by atoms with E-state index in [-0.39, 0.29) is 0 Å². The summed E-state index contributed by atoms with van der Waals surface area (Å²) in [5.41, 5.74) is 3.48. The normalized spacial score (nSPS) is 11.1. The number of nitrogens with one attached hydrogen (secondary N) is 2. The first kappa shape index (κ1) is 21.4. The zero-order valence-corrected chi connectivity index (χ0v) is 17.5. The van der Waals surface area contributed by atoms with Gasteiger partial charge in [0, 0.05) is 18.7 Å². The SMILES string of the molecule is CCNC(=NCc1ccc(C)cc1)NCCc1ccc(OC)c(OC)c1OC. The van der Waals surface area contributed by atoms with Gasteiger partial charge in [-0.1, -0.05) is 35.9 Å². The van der Waals surface area contributed by atoms with Gasteiger partial charge >= 0.3 is 0 Å². The first-order valence-electron chi connectivity index (χ1n) is 9.48. The van der Waals surface area contributed by atoms with Gasteiger partial charge in [-0.05, 0) is 31.9 Å². The van der Waals surface area contributed by atoms with Crippen molar-refractivity contribution in [2.45, 2.75) is 26.8 Å². The number of methoxy groups -OCH3 is 3. The number of aliphatic imine (C=N–C) groups is 1. The van der Waals surface area contributed by atoms with Crippen molar-refractivity contribution in [3.8, 4) is 17.2 Å². The van der Waals surface area contributed by atoms with Crippen LogP contribution in [-0.4, -0.2) is 40.4 Å². The maximum atomic E-state index is 5.55. The van der Waals surface area contributed by atoms with E-state index in [1.54, 1.807) is 21.3 Å². The summed E-state index contributed by atoms with van der Waals surface area (Å²) in [5, 5.41) is 6.66. The van der Waals surface area contributed by atoms with Crippen LogP contribution in [-0.2, 0) is 13.0 Å². The molecule has 2 rings (SSSR count). The van der Waals surface area contributed by atoms with Crippen LogP contribution in [0, 0.1) is 6.92 Å². The molecule has 0 heterocycles. The number of rotatable bonds is 9. The van der Waals surface area contributed by atoms with E-state index in [0.29, 0.717) is 30.3 Å². The van der Waals surface area contributed by atoms with Crippen LogP contribution in [0.2, 0.25) is 0 Å². The first-order chi connectivity index (χ1) is 13.6. The highest BCUT2D eigenvalue weighted by Gasteiger charge is 2.15. The van der Waals surface area contributed by atoms with E-state index in [2.05, 4.69) is 53.7 Å². The molecular weight excluding hydrogens is 354 g/mol. The average Bonchev–Trinajstić information content (AvgIpc) is 2.72. The lowest BCUT2D eigenvalue weighted by Gasteiger charge is -2.16. The quantitative estimate of drug-likeness (QED) is 0.512. The lowest BCUT2D eigenvalue weighted by atomic mass is 10.1. The second kappa shape index (κ2) is 11.1. The number of aryl methyl sites for hydroxylation is 1. The number of hydrogen-bond acceptors (Lipinski definition) is 4. The van der Waals surface area contributed by atoms with E-state index in [4.69, 9.17) is 14.2 Å². The van der Waals surface area contributed by atoms with Gasteiger partial charge in [0.2, 0.25) is 5.75 Å². The van der Waals surface area contributed by atoms with E-state index < -0.39 is 0 Å². The van der Waals surface area contributed by atoms with Crippen LogP contribution in [0.3, 0.4) is 0 Å². The number of guanidine groups is 1. The van der Waals surface area contributed by atoms with Crippen LogP contribution in [0.4, 0.5) is 0 Å². The molecule has 152 valence electrons. The lowest BCUT2D eigenvalue weighted by Crippen LogP contribution is -2.38. The topological polar surface area (TPSA) is 64.1 Å². The second-order valence-corrected chi connectivity index (χ2v) is 6.35. The molecule has 0 saturated carbocycles. The third-order valence-corrected chi connectivity index (χ3v) is 4.36. The van der Waals surface area contributed by atoms with Crippen molar-refractivity contribution >= 4 is 5.96 Å². The van der Waals surface area contributed by atoms with Gasteiger partial charge in [-0.2, -0.15) is 0 Å². The maximum Gasteiger partial charge on any atom is 0.203 e. The zero-order valence-electron chi connectivity index (χ0n) is 17.5. The summed E-state index contributed by atoms with van der Waals surface area (Å²) in [7, 11) is 4.87. The van der Waals surface area contributed by atoms with E-state index in [1.807, 2.05) is 12.1 Å². The second-order valence-electron chi connectivity index (χ2n) is 6.35. The van der Waals surface area contributed by atoms with Crippen molar-refractivity contribution in [2.75, 3.05) is 34.4 Å². The van der Waals surface area contributed by atoms with Gasteiger partial charge in [0.05, 0.1) is 27.9 Å². The van der Waals surface area contributed by atoms with Crippen molar-refractivity contribution in [1.82, 2.24) is 10.6 Å². The molecule has 2 aromatic carbocycles. The Kier molecular flexibility index (Phi) is 8.46. The van der Waals surface area contributed by atoms with Crippen molar-refractivity contribution in [1.29, 1.82) is 0 Å². The van der Waals surface area contributed by atoms with Crippen molar-refractivity contribution in [3.63, 3.8) is 0 Å². The molecule has 2 N–H and O–H groups in total. The molecule has 0 unspecified atom stereocenters. The fraction of sp³-hybridized carbons (Fsp3) is 0.409. The molecular formula is C22H31N3O3. The molecule has 0 radical (unpaired) electrons. The summed E-state index contributed by atoms with van der Waals surface area (Å²) >= 11 is 0. The maximum absolute atomic E-state index is 5.55. The fourth-order valence-electron chi connectivity index (χ4n) is 2.88. The van der Waals surface area contributed by atoms with Gasteiger partial charge in [-0.15, -0.1) is 0 Å². The Morgan fingerprint density at radius 2 is 1.61 bits per heavy atom. The molecule has 0 bridgehead atoms. The molecule has 0 amide bonds. The van der Waals surface area contributed by atoms with Gasteiger partial charge < -0.3 is 24.8 Å². The van der Waals surface area contributed by atoms with E-state index in [9.17, 15) is 0 Å². The molecule has 0 fully saturated rings. The number of nitrogens with zero attached hydrogens (tertiary/aromatic N) is 1. The smallest absolute Gasteiger partial charge is 0.203 e. The Bertz CT molecular complexity index is 773. The van der Waals surface area contributed by atoms with Gasteiger partial charge in [-0.3, -0.25) is 0 Å². The number of hydrogen-bond donors (Lipinski definition) is 2. The largest absolute Gasteiger partial charge is 0.493 e. The van der Waals surface area contributed by atoms with Gasteiger partial charge in [0.1, 0.15) is 0 Å². The van der Waals surface area contributed by atoms with Gasteiger partial charge in [0.15, 0.2) is 17.5 Å². The van der Waals surface area contributed by atoms with Crippen LogP contribution >= 0.6 is 0 Å². The van der Waals surface area contributed by atoms with Crippen LogP contribution in [0.25, 0.3) is 0 Å². The van der Waals surface area contributed by atoms with Crippen LogP contribution in [0.15, 0.2) is 41.4 Å². The zero-order chi connectivity index (χ0) is 20.4. The summed E-state index contributed by atoms with van der Waals surface area (Å²) in [4.78, 5) is 4.67. The Hall–Kier alpha value is -2.89. The van der Waals surface area contributed by atoms with Crippen LogP contribution < -0.4 is 24.8 Å². The lowest BCUT2D eigenvalue weighted by molar-refractivity contribution is 0.322. The Morgan fingerprint density at radius 1 is 0.893 bits per heavy atom. The van der Waals surface area contributed by atoms with Crippen molar-refractivity contribution in [3.05, 3.63) is 53.1 Å². The Balaban J connectivity index is 2.02. The summed E-state index contributed by atoms with van der Waals surface area (Å²) < 4.78 is 16.3. The average molecular weight is 386 g/mol. The van der Waals surface area contributed by atoms with E-state index in [1.165, 1.54) is 11.1 Å². The minimum atomic E-state index is 0.613. The molecule has 0 aliphatic rings. The standard InChI is InChI=1S/C22H31N3O3/c1-6-23-22(25-15-17-9-7-16(2)8-10-17)24-14-13-18-11-12-19(26-3)21(28-5)20(18)27-4/h7-12H,6,13-15H2,1-5H3,(H2,23,24,25). The Morgan fingerprint density at radius 3 is 2.21 bits per heavy atom. The molecule has 28 heavy (non-hydrogen) atoms. The number of ether oxygens (including phenoxy) is 3. The highest BCUT2D eigenvalue weighted by molar-refractivity contribution is 5.79. The third kappa shape index (κ3) is 5.81. The van der Waals surface area contributed by atoms with Gasteiger partial charge in [-0.25, -0.2) is 4.99 Å². The van der Waals surface area contributed by atoms with Crippen molar-refractivity contribution < 1.29 is 14.2 Å². The summed E-state index contributed by atoms with van der Waals surface area (Å²) in [6.45, 7) is 6.29. The van der Waals surface area contributed by atoms with Crippen molar-refractivity contribution in [2.24, 2.45) is 4.99 Å². The number of benzene rings is 2. The van der Waals surface area contributed by atoms with Gasteiger partial charge in [0.25, 0.3) is 0 Å². The molecule has 0 aromatic heterocycles.